The molecular weight excluding hydrogens is 268 g/mol. The molecule has 22 heavy (non-hydrogen) atoms. The zero-order valence-corrected chi connectivity index (χ0v) is 13.1. The summed E-state index contributed by atoms with van der Waals surface area (Å²) in [4.78, 5) is 2.45. The number of rotatable bonds is 5. The van der Waals surface area contributed by atoms with E-state index < -0.39 is 0 Å². The Morgan fingerprint density at radius 3 is 2.00 bits per heavy atom. The number of nitrogens with two attached hydrogens (primary N) is 1. The average Bonchev–Trinajstić information content (AvgIpc) is 2.59. The van der Waals surface area contributed by atoms with Crippen molar-refractivity contribution in [3.63, 3.8) is 0 Å². The molecule has 0 saturated heterocycles. The minimum absolute atomic E-state index is 0.00259. The van der Waals surface area contributed by atoms with Crippen molar-refractivity contribution in [2.45, 2.75) is 50.8 Å². The molecule has 3 rings (SSSR count). The van der Waals surface area contributed by atoms with Crippen molar-refractivity contribution in [3.8, 4) is 0 Å². The molecule has 116 valence electrons. The zero-order valence-electron chi connectivity index (χ0n) is 14.1. The van der Waals surface area contributed by atoms with Gasteiger partial charge < -0.3 is 5.73 Å². The summed E-state index contributed by atoms with van der Waals surface area (Å²) >= 11 is 0. The van der Waals surface area contributed by atoms with Crippen LogP contribution in [0.3, 0.4) is 0 Å². The molecule has 0 radical (unpaired) electrons. The van der Waals surface area contributed by atoms with E-state index in [1.54, 1.807) is 0 Å². The first-order valence-electron chi connectivity index (χ1n) is 8.81. The highest BCUT2D eigenvalue weighted by Crippen LogP contribution is 2.25. The SMILES string of the molecule is [2H][C@H]1[C@H](N(Cc2ccccc2)Cc2ccccc2)CCC[C@@H]1N. The Balaban J connectivity index is 1.80. The monoisotopic (exact) mass is 295 g/mol. The average molecular weight is 295 g/mol. The Morgan fingerprint density at radius 1 is 0.909 bits per heavy atom. The Morgan fingerprint density at radius 2 is 1.45 bits per heavy atom. The molecule has 1 fully saturated rings. The van der Waals surface area contributed by atoms with E-state index in [0.29, 0.717) is 0 Å². The molecule has 2 N–H and O–H groups in total. The van der Waals surface area contributed by atoms with E-state index in [1.165, 1.54) is 11.1 Å². The maximum atomic E-state index is 8.53. The van der Waals surface area contributed by atoms with Crippen LogP contribution in [-0.2, 0) is 13.1 Å². The molecule has 1 saturated carbocycles. The summed E-state index contributed by atoms with van der Waals surface area (Å²) in [6.07, 6.45) is 2.98. The van der Waals surface area contributed by atoms with E-state index in [1.807, 2.05) is 0 Å². The van der Waals surface area contributed by atoms with Crippen LogP contribution in [0.1, 0.15) is 38.2 Å². The van der Waals surface area contributed by atoms with Crippen LogP contribution in [0, 0.1) is 0 Å². The first kappa shape index (κ1) is 14.0. The Bertz CT molecular complexity index is 546. The van der Waals surface area contributed by atoms with Gasteiger partial charge in [-0.2, -0.15) is 0 Å². The van der Waals surface area contributed by atoms with Crippen LogP contribution in [0.2, 0.25) is 0 Å². The number of benzene rings is 2. The minimum atomic E-state index is -0.198. The highest BCUT2D eigenvalue weighted by molar-refractivity contribution is 5.17. The lowest BCUT2D eigenvalue weighted by molar-refractivity contribution is 0.132. The summed E-state index contributed by atoms with van der Waals surface area (Å²) in [5, 5.41) is 0. The summed E-state index contributed by atoms with van der Waals surface area (Å²) in [6.45, 7) is 1.75. The molecule has 0 aliphatic heterocycles. The largest absolute Gasteiger partial charge is 0.328 e. The van der Waals surface area contributed by atoms with E-state index >= 15 is 0 Å². The van der Waals surface area contributed by atoms with Crippen LogP contribution >= 0.6 is 0 Å². The second kappa shape index (κ2) is 7.57. The first-order chi connectivity index (χ1) is 11.2. The molecule has 0 aromatic heterocycles. The minimum Gasteiger partial charge on any atom is -0.328 e. The van der Waals surface area contributed by atoms with Crippen LogP contribution in [-0.4, -0.2) is 17.0 Å². The molecule has 0 heterocycles. The molecule has 0 amide bonds. The van der Waals surface area contributed by atoms with E-state index in [9.17, 15) is 0 Å². The number of hydrogen-bond acceptors (Lipinski definition) is 2. The van der Waals surface area contributed by atoms with Gasteiger partial charge in [-0.1, -0.05) is 67.1 Å². The van der Waals surface area contributed by atoms with Crippen LogP contribution < -0.4 is 5.73 Å². The van der Waals surface area contributed by atoms with Gasteiger partial charge in [0.2, 0.25) is 0 Å². The van der Waals surface area contributed by atoms with E-state index in [-0.39, 0.29) is 18.5 Å². The van der Waals surface area contributed by atoms with Gasteiger partial charge in [-0.3, -0.25) is 4.90 Å². The van der Waals surface area contributed by atoms with Gasteiger partial charge in [0.1, 0.15) is 0 Å². The van der Waals surface area contributed by atoms with Crippen LogP contribution in [0.5, 0.6) is 0 Å². The molecule has 2 aromatic carbocycles. The summed E-state index contributed by atoms with van der Waals surface area (Å²) in [5.41, 5.74) is 8.78. The summed E-state index contributed by atoms with van der Waals surface area (Å²) in [7, 11) is 0. The molecule has 1 aliphatic carbocycles. The van der Waals surface area contributed by atoms with Crippen LogP contribution in [0.4, 0.5) is 0 Å². The Kier molecular flexibility index (Phi) is 4.81. The fraction of sp³-hybridized carbons (Fsp3) is 0.400. The summed E-state index contributed by atoms with van der Waals surface area (Å²) in [6, 6.07) is 21.3. The third-order valence-corrected chi connectivity index (χ3v) is 4.43. The molecule has 2 nitrogen and oxygen atoms in total. The van der Waals surface area contributed by atoms with Gasteiger partial charge in [-0.05, 0) is 30.4 Å². The normalized spacial score (nSPS) is 25.9. The summed E-state index contributed by atoms with van der Waals surface area (Å²) in [5.74, 6) is 0. The molecule has 0 unspecified atom stereocenters. The maximum Gasteiger partial charge on any atom is 0.0299 e. The van der Waals surface area contributed by atoms with Gasteiger partial charge >= 0.3 is 0 Å². The molecule has 0 bridgehead atoms. The predicted octanol–water partition coefficient (Wildman–Crippen LogP) is 3.96. The quantitative estimate of drug-likeness (QED) is 0.904. The zero-order chi connectivity index (χ0) is 16.1. The lowest BCUT2D eigenvalue weighted by Gasteiger charge is -2.36. The number of nitrogens with zero attached hydrogens (tertiary/aromatic N) is 1. The van der Waals surface area contributed by atoms with Gasteiger partial charge in [-0.25, -0.2) is 0 Å². The van der Waals surface area contributed by atoms with Crippen molar-refractivity contribution < 1.29 is 1.37 Å². The topological polar surface area (TPSA) is 29.3 Å². The van der Waals surface area contributed by atoms with Crippen molar-refractivity contribution in [1.82, 2.24) is 4.90 Å². The molecule has 2 aromatic rings. The fourth-order valence-electron chi connectivity index (χ4n) is 3.27. The second-order valence-corrected chi connectivity index (χ2v) is 6.23. The first-order valence-corrected chi connectivity index (χ1v) is 8.24. The Labute approximate surface area is 135 Å². The van der Waals surface area contributed by atoms with Crippen molar-refractivity contribution in [2.75, 3.05) is 0 Å². The van der Waals surface area contributed by atoms with Gasteiger partial charge in [0, 0.05) is 26.5 Å². The second-order valence-electron chi connectivity index (χ2n) is 6.23. The van der Waals surface area contributed by atoms with Crippen LogP contribution in [0.15, 0.2) is 60.7 Å². The molecule has 2 heteroatoms. The van der Waals surface area contributed by atoms with Crippen molar-refractivity contribution >= 4 is 0 Å². The van der Waals surface area contributed by atoms with Gasteiger partial charge in [-0.15, -0.1) is 0 Å². The lowest BCUT2D eigenvalue weighted by atomic mass is 9.90. The predicted molar refractivity (Wildman–Crippen MR) is 92.4 cm³/mol. The molecule has 0 spiro atoms. The van der Waals surface area contributed by atoms with Gasteiger partial charge in [0.25, 0.3) is 0 Å². The van der Waals surface area contributed by atoms with E-state index in [2.05, 4.69) is 65.6 Å². The molecule has 1 aliphatic rings. The number of hydrogen-bond donors (Lipinski definition) is 1. The van der Waals surface area contributed by atoms with Gasteiger partial charge in [0.05, 0.1) is 0 Å². The lowest BCUT2D eigenvalue weighted by Crippen LogP contribution is -2.41. The van der Waals surface area contributed by atoms with E-state index in [0.717, 1.165) is 32.4 Å². The third-order valence-electron chi connectivity index (χ3n) is 4.43. The highest BCUT2D eigenvalue weighted by atomic mass is 15.2. The van der Waals surface area contributed by atoms with Gasteiger partial charge in [0.15, 0.2) is 0 Å². The highest BCUT2D eigenvalue weighted by Gasteiger charge is 2.25. The maximum absolute atomic E-state index is 8.53. The van der Waals surface area contributed by atoms with Crippen molar-refractivity contribution in [1.29, 1.82) is 0 Å². The Hall–Kier alpha value is -1.64. The smallest absolute Gasteiger partial charge is 0.0299 e. The molecular formula is C20H26N2. The van der Waals surface area contributed by atoms with Crippen LogP contribution in [0.25, 0.3) is 0 Å². The van der Waals surface area contributed by atoms with E-state index in [4.69, 9.17) is 7.10 Å². The van der Waals surface area contributed by atoms with Crippen molar-refractivity contribution in [2.24, 2.45) is 5.73 Å². The fourth-order valence-corrected chi connectivity index (χ4v) is 3.27. The summed E-state index contributed by atoms with van der Waals surface area (Å²) < 4.78 is 8.53. The molecule has 3 atom stereocenters. The van der Waals surface area contributed by atoms with Crippen molar-refractivity contribution in [3.05, 3.63) is 71.8 Å². The third kappa shape index (κ3) is 4.19. The standard InChI is InChI=1S/C20H26N2/c21-19-12-7-13-20(14-19)22(15-17-8-3-1-4-9-17)16-18-10-5-2-6-11-18/h1-6,8-11,19-20H,7,12-16,21H2/t19-,20+/m0/s1/i14D/t14-,19+,20-/m1.